The van der Waals surface area contributed by atoms with Gasteiger partial charge in [0.25, 0.3) is 0 Å². The lowest BCUT2D eigenvalue weighted by molar-refractivity contribution is 0.557. The number of aromatic nitrogens is 2. The summed E-state index contributed by atoms with van der Waals surface area (Å²) >= 11 is 0. The molecule has 0 N–H and O–H groups in total. The highest BCUT2D eigenvalue weighted by Gasteiger charge is 2.12. The molecule has 3 aromatic rings. The maximum Gasteiger partial charge on any atom is 0.336 e. The van der Waals surface area contributed by atoms with Gasteiger partial charge in [-0.1, -0.05) is 13.8 Å². The molecular formula is C18H20N2O2. The van der Waals surface area contributed by atoms with E-state index in [1.165, 1.54) is 5.56 Å². The van der Waals surface area contributed by atoms with Crippen molar-refractivity contribution >= 4 is 11.0 Å². The Labute approximate surface area is 129 Å². The fourth-order valence-corrected chi connectivity index (χ4v) is 2.90. The van der Waals surface area contributed by atoms with Crippen molar-refractivity contribution in [2.45, 2.75) is 40.2 Å². The van der Waals surface area contributed by atoms with Crippen LogP contribution >= 0.6 is 0 Å². The van der Waals surface area contributed by atoms with E-state index in [0.29, 0.717) is 18.0 Å². The zero-order valence-electron chi connectivity index (χ0n) is 13.4. The predicted octanol–water partition coefficient (Wildman–Crippen LogP) is 3.78. The van der Waals surface area contributed by atoms with Gasteiger partial charge in [-0.3, -0.25) is 0 Å². The summed E-state index contributed by atoms with van der Waals surface area (Å²) in [6.45, 7) is 8.98. The van der Waals surface area contributed by atoms with E-state index in [0.717, 1.165) is 22.3 Å². The Kier molecular flexibility index (Phi) is 3.61. The average Bonchev–Trinajstić information content (AvgIpc) is 2.83. The smallest absolute Gasteiger partial charge is 0.336 e. The molecule has 3 rings (SSSR count). The molecule has 22 heavy (non-hydrogen) atoms. The molecule has 0 aliphatic carbocycles. The first kappa shape index (κ1) is 14.6. The Morgan fingerprint density at radius 3 is 2.64 bits per heavy atom. The highest BCUT2D eigenvalue weighted by Crippen LogP contribution is 2.27. The maximum atomic E-state index is 11.9. The van der Waals surface area contributed by atoms with E-state index in [1.807, 2.05) is 23.8 Å². The molecule has 114 valence electrons. The first-order valence-corrected chi connectivity index (χ1v) is 7.50. The molecule has 0 spiro atoms. The van der Waals surface area contributed by atoms with Crippen LogP contribution in [0.2, 0.25) is 0 Å². The fourth-order valence-electron chi connectivity index (χ4n) is 2.90. The van der Waals surface area contributed by atoms with Gasteiger partial charge in [0.05, 0.1) is 0 Å². The van der Waals surface area contributed by atoms with Crippen molar-refractivity contribution in [3.05, 3.63) is 63.5 Å². The van der Waals surface area contributed by atoms with Crippen molar-refractivity contribution in [2.24, 2.45) is 0 Å². The Morgan fingerprint density at radius 2 is 2.00 bits per heavy atom. The van der Waals surface area contributed by atoms with Crippen molar-refractivity contribution in [2.75, 3.05) is 0 Å². The van der Waals surface area contributed by atoms with E-state index in [9.17, 15) is 4.79 Å². The Bertz CT molecular complexity index is 888. The van der Waals surface area contributed by atoms with E-state index in [2.05, 4.69) is 31.8 Å². The third kappa shape index (κ3) is 2.56. The van der Waals surface area contributed by atoms with E-state index < -0.39 is 0 Å². The SMILES string of the molecule is Cc1cc2oc(=O)cc(Cn3ccnc3C)c2cc1C(C)C. The van der Waals surface area contributed by atoms with Gasteiger partial charge >= 0.3 is 5.63 Å². The van der Waals surface area contributed by atoms with Crippen molar-refractivity contribution < 1.29 is 4.42 Å². The predicted molar refractivity (Wildman–Crippen MR) is 87.4 cm³/mol. The molecule has 0 unspecified atom stereocenters. The zero-order valence-corrected chi connectivity index (χ0v) is 13.4. The normalized spacial score (nSPS) is 11.5. The minimum absolute atomic E-state index is 0.308. The zero-order chi connectivity index (χ0) is 15.9. The number of hydrogen-bond donors (Lipinski definition) is 0. The second kappa shape index (κ2) is 5.44. The van der Waals surface area contributed by atoms with Crippen LogP contribution in [-0.2, 0) is 6.54 Å². The van der Waals surface area contributed by atoms with E-state index in [1.54, 1.807) is 12.3 Å². The summed E-state index contributed by atoms with van der Waals surface area (Å²) in [5, 5.41) is 1.00. The van der Waals surface area contributed by atoms with Gasteiger partial charge in [-0.2, -0.15) is 0 Å². The highest BCUT2D eigenvalue weighted by atomic mass is 16.4. The highest BCUT2D eigenvalue weighted by molar-refractivity contribution is 5.82. The van der Waals surface area contributed by atoms with Crippen LogP contribution in [0.5, 0.6) is 0 Å². The lowest BCUT2D eigenvalue weighted by Crippen LogP contribution is -2.07. The van der Waals surface area contributed by atoms with Crippen LogP contribution in [0.1, 0.15) is 42.3 Å². The van der Waals surface area contributed by atoms with Gasteiger partial charge in [0.1, 0.15) is 11.4 Å². The number of aryl methyl sites for hydroxylation is 2. The third-order valence-corrected chi connectivity index (χ3v) is 4.10. The van der Waals surface area contributed by atoms with Crippen molar-refractivity contribution in [3.8, 4) is 0 Å². The summed E-state index contributed by atoms with van der Waals surface area (Å²) in [6, 6.07) is 5.71. The standard InChI is InChI=1S/C18H20N2O2/c1-11(2)15-9-16-14(10-20-6-5-19-13(20)4)8-18(21)22-17(16)7-12(15)3/h5-9,11H,10H2,1-4H3. The number of imidazole rings is 1. The van der Waals surface area contributed by atoms with Gasteiger partial charge in [-0.25, -0.2) is 9.78 Å². The van der Waals surface area contributed by atoms with Crippen LogP contribution in [0.15, 0.2) is 39.8 Å². The molecule has 1 aromatic carbocycles. The van der Waals surface area contributed by atoms with Gasteiger partial charge in [0.15, 0.2) is 0 Å². The molecule has 0 atom stereocenters. The Balaban J connectivity index is 2.22. The van der Waals surface area contributed by atoms with Gasteiger partial charge in [-0.05, 0) is 48.6 Å². The summed E-state index contributed by atoms with van der Waals surface area (Å²) in [4.78, 5) is 16.1. The summed E-state index contributed by atoms with van der Waals surface area (Å²) < 4.78 is 7.42. The summed E-state index contributed by atoms with van der Waals surface area (Å²) in [6.07, 6.45) is 3.69. The second-order valence-electron chi connectivity index (χ2n) is 6.05. The second-order valence-corrected chi connectivity index (χ2v) is 6.05. The minimum Gasteiger partial charge on any atom is -0.423 e. The molecule has 4 nitrogen and oxygen atoms in total. The fraction of sp³-hybridized carbons (Fsp3) is 0.333. The maximum absolute atomic E-state index is 11.9. The molecule has 4 heteroatoms. The van der Waals surface area contributed by atoms with E-state index in [-0.39, 0.29) is 5.63 Å². The molecule has 0 radical (unpaired) electrons. The van der Waals surface area contributed by atoms with E-state index in [4.69, 9.17) is 4.42 Å². The average molecular weight is 296 g/mol. The molecule has 0 aliphatic rings. The minimum atomic E-state index is -0.308. The molecule has 0 aliphatic heterocycles. The number of benzene rings is 1. The van der Waals surface area contributed by atoms with Crippen LogP contribution in [0, 0.1) is 13.8 Å². The van der Waals surface area contributed by atoms with Crippen molar-refractivity contribution in [3.63, 3.8) is 0 Å². The lowest BCUT2D eigenvalue weighted by atomic mass is 9.95. The lowest BCUT2D eigenvalue weighted by Gasteiger charge is -2.13. The van der Waals surface area contributed by atoms with Crippen LogP contribution in [0.3, 0.4) is 0 Å². The Morgan fingerprint density at radius 1 is 1.23 bits per heavy atom. The molecule has 0 bridgehead atoms. The monoisotopic (exact) mass is 296 g/mol. The number of rotatable bonds is 3. The van der Waals surface area contributed by atoms with Gasteiger partial charge in [0.2, 0.25) is 0 Å². The van der Waals surface area contributed by atoms with Gasteiger partial charge < -0.3 is 8.98 Å². The van der Waals surface area contributed by atoms with Crippen LogP contribution < -0.4 is 5.63 Å². The van der Waals surface area contributed by atoms with Gasteiger partial charge in [-0.15, -0.1) is 0 Å². The quantitative estimate of drug-likeness (QED) is 0.691. The first-order chi connectivity index (χ1) is 10.5. The topological polar surface area (TPSA) is 48.0 Å². The molecule has 0 amide bonds. The first-order valence-electron chi connectivity index (χ1n) is 7.50. The van der Waals surface area contributed by atoms with Crippen LogP contribution in [0.4, 0.5) is 0 Å². The molecule has 0 saturated carbocycles. The van der Waals surface area contributed by atoms with Crippen molar-refractivity contribution in [1.82, 2.24) is 9.55 Å². The summed E-state index contributed by atoms with van der Waals surface area (Å²) in [5.41, 5.74) is 3.75. The van der Waals surface area contributed by atoms with Crippen LogP contribution in [-0.4, -0.2) is 9.55 Å². The summed E-state index contributed by atoms with van der Waals surface area (Å²) in [7, 11) is 0. The van der Waals surface area contributed by atoms with Gasteiger partial charge in [0, 0.05) is 30.4 Å². The van der Waals surface area contributed by atoms with E-state index >= 15 is 0 Å². The number of fused-ring (bicyclic) bond motifs is 1. The van der Waals surface area contributed by atoms with Crippen molar-refractivity contribution in [1.29, 1.82) is 0 Å². The molecular weight excluding hydrogens is 276 g/mol. The molecule has 2 heterocycles. The number of nitrogens with zero attached hydrogens (tertiary/aromatic N) is 2. The number of hydrogen-bond acceptors (Lipinski definition) is 3. The molecule has 2 aromatic heterocycles. The van der Waals surface area contributed by atoms with Crippen LogP contribution in [0.25, 0.3) is 11.0 Å². The molecule has 0 saturated heterocycles. The third-order valence-electron chi connectivity index (χ3n) is 4.10. The molecule has 0 fully saturated rings. The largest absolute Gasteiger partial charge is 0.423 e. The summed E-state index contributed by atoms with van der Waals surface area (Å²) in [5.74, 6) is 1.36. The Hall–Kier alpha value is -2.36.